The predicted octanol–water partition coefficient (Wildman–Crippen LogP) is 2.10. The molecule has 1 fully saturated rings. The molecule has 0 bridgehead atoms. The Balaban J connectivity index is 1.67. The fraction of sp³-hybridized carbons (Fsp3) is 0.571. The molecule has 1 saturated heterocycles. The van der Waals surface area contributed by atoms with Gasteiger partial charge >= 0.3 is 0 Å². The van der Waals surface area contributed by atoms with Gasteiger partial charge in [0.15, 0.2) is 0 Å². The van der Waals surface area contributed by atoms with Crippen LogP contribution in [0.4, 0.5) is 5.82 Å². The topological polar surface area (TPSA) is 51.3 Å². The summed E-state index contributed by atoms with van der Waals surface area (Å²) in [5.74, 6) is 1.86. The summed E-state index contributed by atoms with van der Waals surface area (Å²) in [6, 6.07) is 2.09. The highest BCUT2D eigenvalue weighted by Gasteiger charge is 2.27. The summed E-state index contributed by atoms with van der Waals surface area (Å²) in [5.41, 5.74) is 3.61. The van der Waals surface area contributed by atoms with Crippen LogP contribution in [-0.4, -0.2) is 52.5 Å². The van der Waals surface area contributed by atoms with Crippen LogP contribution < -0.4 is 9.80 Å². The Bertz CT molecular complexity index is 1010. The Morgan fingerprint density at radius 3 is 2.61 bits per heavy atom. The first-order chi connectivity index (χ1) is 13.6. The fourth-order valence-corrected chi connectivity index (χ4v) is 5.92. The molecule has 2 aliphatic rings. The molecule has 1 aliphatic carbocycles. The van der Waals surface area contributed by atoms with Crippen LogP contribution >= 0.6 is 11.3 Å². The highest BCUT2D eigenvalue weighted by atomic mass is 32.1. The molecule has 0 unspecified atom stereocenters. The second kappa shape index (κ2) is 7.12. The summed E-state index contributed by atoms with van der Waals surface area (Å²) >= 11 is 1.88. The van der Waals surface area contributed by atoms with Crippen molar-refractivity contribution in [2.45, 2.75) is 46.5 Å². The molecule has 0 atom stereocenters. The van der Waals surface area contributed by atoms with E-state index >= 15 is 0 Å². The number of quaternary nitrogens is 1. The number of nitrogens with one attached hydrogen (secondary N) is 1. The van der Waals surface area contributed by atoms with Gasteiger partial charge in [-0.2, -0.15) is 15.1 Å². The molecule has 0 saturated carbocycles. The highest BCUT2D eigenvalue weighted by Crippen LogP contribution is 2.40. The van der Waals surface area contributed by atoms with Crippen LogP contribution in [0.2, 0.25) is 0 Å². The highest BCUT2D eigenvalue weighted by molar-refractivity contribution is 7.19. The first kappa shape index (κ1) is 18.1. The minimum absolute atomic E-state index is 0.719. The molecule has 0 spiro atoms. The van der Waals surface area contributed by atoms with Crippen molar-refractivity contribution in [1.29, 1.82) is 0 Å². The van der Waals surface area contributed by atoms with Gasteiger partial charge in [-0.05, 0) is 58.1 Å². The number of hydrogen-bond acceptors (Lipinski definition) is 5. The molecule has 3 aromatic rings. The number of rotatable bonds is 3. The van der Waals surface area contributed by atoms with E-state index < -0.39 is 0 Å². The number of hydrogen-bond donors (Lipinski definition) is 1. The van der Waals surface area contributed by atoms with Crippen molar-refractivity contribution in [2.24, 2.45) is 0 Å². The van der Waals surface area contributed by atoms with Crippen molar-refractivity contribution in [2.75, 3.05) is 37.6 Å². The van der Waals surface area contributed by atoms with Crippen LogP contribution in [0.15, 0.2) is 6.07 Å². The lowest BCUT2D eigenvalue weighted by Crippen LogP contribution is -3.14. The average Bonchev–Trinajstić information content (AvgIpc) is 3.26. The maximum absolute atomic E-state index is 5.11. The maximum atomic E-state index is 5.11. The van der Waals surface area contributed by atoms with Gasteiger partial charge in [0, 0.05) is 10.6 Å². The summed E-state index contributed by atoms with van der Waals surface area (Å²) < 4.78 is 1.91. The third-order valence-corrected chi connectivity index (χ3v) is 7.44. The van der Waals surface area contributed by atoms with E-state index in [1.54, 1.807) is 4.90 Å². The Morgan fingerprint density at radius 1 is 1.11 bits per heavy atom. The van der Waals surface area contributed by atoms with Gasteiger partial charge < -0.3 is 9.80 Å². The molecule has 148 valence electrons. The van der Waals surface area contributed by atoms with Crippen molar-refractivity contribution < 1.29 is 4.90 Å². The zero-order valence-corrected chi connectivity index (χ0v) is 17.9. The standard InChI is InChI=1S/C21H28N6S/c1-4-25-9-11-26(12-10-25)19-18-16-7-5-6-8-17(16)28-20(18)23-21(22-19)27-15(3)13-14(2)24-27/h13H,4-12H2,1-3H3/p+1. The average molecular weight is 398 g/mol. The number of nitrogens with zero attached hydrogens (tertiary/aromatic N) is 5. The minimum atomic E-state index is 0.719. The van der Waals surface area contributed by atoms with E-state index in [9.17, 15) is 0 Å². The molecule has 3 aromatic heterocycles. The molecule has 0 radical (unpaired) electrons. The van der Waals surface area contributed by atoms with Crippen LogP contribution in [0.5, 0.6) is 0 Å². The number of thiophene rings is 1. The van der Waals surface area contributed by atoms with E-state index in [0.717, 1.165) is 41.1 Å². The van der Waals surface area contributed by atoms with Crippen LogP contribution in [0, 0.1) is 13.8 Å². The molecule has 1 aliphatic heterocycles. The monoisotopic (exact) mass is 397 g/mol. The third kappa shape index (κ3) is 3.01. The van der Waals surface area contributed by atoms with Gasteiger partial charge in [-0.3, -0.25) is 0 Å². The first-order valence-electron chi connectivity index (χ1n) is 10.6. The number of aromatic nitrogens is 4. The smallest absolute Gasteiger partial charge is 0.254 e. The molecule has 5 rings (SSSR count). The van der Waals surface area contributed by atoms with Crippen molar-refractivity contribution in [3.8, 4) is 5.95 Å². The fourth-order valence-electron chi connectivity index (χ4n) is 4.67. The van der Waals surface area contributed by atoms with E-state index in [1.807, 2.05) is 22.9 Å². The number of piperazine rings is 1. The summed E-state index contributed by atoms with van der Waals surface area (Å²) in [5, 5.41) is 5.98. The van der Waals surface area contributed by atoms with Crippen molar-refractivity contribution in [3.05, 3.63) is 27.9 Å². The lowest BCUT2D eigenvalue weighted by molar-refractivity contribution is -0.898. The van der Waals surface area contributed by atoms with Gasteiger partial charge in [-0.1, -0.05) is 0 Å². The van der Waals surface area contributed by atoms with Gasteiger partial charge in [0.05, 0.1) is 43.8 Å². The van der Waals surface area contributed by atoms with Crippen LogP contribution in [-0.2, 0) is 12.8 Å². The lowest BCUT2D eigenvalue weighted by atomic mass is 9.97. The second-order valence-corrected chi connectivity index (χ2v) is 9.25. The van der Waals surface area contributed by atoms with Gasteiger partial charge in [0.1, 0.15) is 10.6 Å². The van der Waals surface area contributed by atoms with Crippen LogP contribution in [0.3, 0.4) is 0 Å². The Hall–Kier alpha value is -1.99. The van der Waals surface area contributed by atoms with Gasteiger partial charge in [0.2, 0.25) is 0 Å². The molecular weight excluding hydrogens is 368 g/mol. The molecule has 0 aromatic carbocycles. The number of likely N-dealkylation sites (N-methyl/N-ethyl adjacent to an activating group) is 1. The van der Waals surface area contributed by atoms with E-state index in [-0.39, 0.29) is 0 Å². The zero-order valence-electron chi connectivity index (χ0n) is 17.1. The van der Waals surface area contributed by atoms with E-state index in [2.05, 4.69) is 29.9 Å². The van der Waals surface area contributed by atoms with Gasteiger partial charge in [-0.25, -0.2) is 4.68 Å². The zero-order chi connectivity index (χ0) is 19.3. The Labute approximate surface area is 170 Å². The third-order valence-electron chi connectivity index (χ3n) is 6.25. The Morgan fingerprint density at radius 2 is 1.89 bits per heavy atom. The molecular formula is C21H29N6S+. The summed E-state index contributed by atoms with van der Waals surface area (Å²) in [6.07, 6.45) is 4.95. The molecule has 4 heterocycles. The van der Waals surface area contributed by atoms with Crippen molar-refractivity contribution in [1.82, 2.24) is 19.7 Å². The van der Waals surface area contributed by atoms with Crippen molar-refractivity contribution in [3.63, 3.8) is 0 Å². The lowest BCUT2D eigenvalue weighted by Gasteiger charge is -2.33. The molecule has 0 amide bonds. The predicted molar refractivity (Wildman–Crippen MR) is 114 cm³/mol. The van der Waals surface area contributed by atoms with E-state index in [4.69, 9.17) is 9.97 Å². The quantitative estimate of drug-likeness (QED) is 0.735. The summed E-state index contributed by atoms with van der Waals surface area (Å²) in [6.45, 7) is 12.1. The molecule has 1 N–H and O–H groups in total. The first-order valence-corrected chi connectivity index (χ1v) is 11.4. The van der Waals surface area contributed by atoms with E-state index in [1.165, 1.54) is 61.1 Å². The normalized spacial score (nSPS) is 18.0. The number of anilines is 1. The molecule has 6 nitrogen and oxygen atoms in total. The molecule has 7 heteroatoms. The maximum Gasteiger partial charge on any atom is 0.254 e. The molecule has 28 heavy (non-hydrogen) atoms. The van der Waals surface area contributed by atoms with E-state index in [0.29, 0.717) is 0 Å². The number of fused-ring (bicyclic) bond motifs is 3. The second-order valence-electron chi connectivity index (χ2n) is 8.17. The largest absolute Gasteiger partial charge is 0.345 e. The summed E-state index contributed by atoms with van der Waals surface area (Å²) in [4.78, 5) is 17.0. The van der Waals surface area contributed by atoms with Gasteiger partial charge in [0.25, 0.3) is 5.95 Å². The van der Waals surface area contributed by atoms with Crippen molar-refractivity contribution >= 4 is 27.4 Å². The number of aryl methyl sites for hydroxylation is 4. The van der Waals surface area contributed by atoms with Gasteiger partial charge in [-0.15, -0.1) is 11.3 Å². The SMILES string of the molecule is CC[NH+]1CCN(c2nc(-n3nc(C)cc3C)nc3sc4c(c23)CCCC4)CC1. The minimum Gasteiger partial charge on any atom is -0.345 e. The summed E-state index contributed by atoms with van der Waals surface area (Å²) in [7, 11) is 0. The van der Waals surface area contributed by atoms with Crippen LogP contribution in [0.1, 0.15) is 41.6 Å². The van der Waals surface area contributed by atoms with Crippen LogP contribution in [0.25, 0.3) is 16.2 Å². The Kier molecular flexibility index (Phi) is 4.59.